The lowest BCUT2D eigenvalue weighted by atomic mass is 10.2. The average Bonchev–Trinajstić information content (AvgIpc) is 2.81. The van der Waals surface area contributed by atoms with Gasteiger partial charge in [-0.05, 0) is 25.0 Å². The fraction of sp³-hybridized carbons (Fsp3) is 0.462. The van der Waals surface area contributed by atoms with Crippen LogP contribution in [-0.4, -0.2) is 12.6 Å². The molecule has 1 aliphatic carbocycles. The third-order valence-corrected chi connectivity index (χ3v) is 2.89. The van der Waals surface area contributed by atoms with Crippen LogP contribution >= 0.6 is 0 Å². The summed E-state index contributed by atoms with van der Waals surface area (Å²) in [5, 5.41) is 12.0. The van der Waals surface area contributed by atoms with Gasteiger partial charge in [0.15, 0.2) is 6.61 Å². The first-order valence-electron chi connectivity index (χ1n) is 5.75. The SMILES string of the molecule is N#CCOc1ccccc1NC1CCCC1. The molecule has 1 aliphatic rings. The molecule has 0 atom stereocenters. The molecule has 0 amide bonds. The van der Waals surface area contributed by atoms with Crippen molar-refractivity contribution in [2.75, 3.05) is 11.9 Å². The summed E-state index contributed by atoms with van der Waals surface area (Å²) in [7, 11) is 0. The highest BCUT2D eigenvalue weighted by Crippen LogP contribution is 2.28. The standard InChI is InChI=1S/C13H16N2O/c14-9-10-16-13-8-4-3-7-12(13)15-11-5-1-2-6-11/h3-4,7-8,11,15H,1-2,5-6,10H2. The zero-order valence-corrected chi connectivity index (χ0v) is 9.28. The summed E-state index contributed by atoms with van der Waals surface area (Å²) in [4.78, 5) is 0. The maximum absolute atomic E-state index is 8.51. The van der Waals surface area contributed by atoms with Gasteiger partial charge in [0.25, 0.3) is 0 Å². The minimum Gasteiger partial charge on any atom is -0.477 e. The van der Waals surface area contributed by atoms with E-state index in [1.54, 1.807) is 0 Å². The average molecular weight is 216 g/mol. The van der Waals surface area contributed by atoms with Gasteiger partial charge in [0.05, 0.1) is 5.69 Å². The summed E-state index contributed by atoms with van der Waals surface area (Å²) in [5.74, 6) is 0.774. The van der Waals surface area contributed by atoms with Crippen LogP contribution in [0.15, 0.2) is 24.3 Å². The van der Waals surface area contributed by atoms with Crippen LogP contribution in [-0.2, 0) is 0 Å². The van der Waals surface area contributed by atoms with Gasteiger partial charge in [-0.1, -0.05) is 25.0 Å². The van der Waals surface area contributed by atoms with Crippen molar-refractivity contribution < 1.29 is 4.74 Å². The Hall–Kier alpha value is -1.69. The van der Waals surface area contributed by atoms with Gasteiger partial charge >= 0.3 is 0 Å². The van der Waals surface area contributed by atoms with E-state index in [9.17, 15) is 0 Å². The van der Waals surface area contributed by atoms with E-state index in [2.05, 4.69) is 5.32 Å². The van der Waals surface area contributed by atoms with Crippen LogP contribution in [0.1, 0.15) is 25.7 Å². The van der Waals surface area contributed by atoms with E-state index in [0.29, 0.717) is 6.04 Å². The Bertz CT molecular complexity index is 378. The topological polar surface area (TPSA) is 45.0 Å². The van der Waals surface area contributed by atoms with Crippen LogP contribution in [0.5, 0.6) is 5.75 Å². The molecule has 0 aliphatic heterocycles. The molecule has 0 saturated heterocycles. The molecule has 1 saturated carbocycles. The number of nitrogens with one attached hydrogen (secondary N) is 1. The summed E-state index contributed by atoms with van der Waals surface area (Å²) >= 11 is 0. The summed E-state index contributed by atoms with van der Waals surface area (Å²) in [5.41, 5.74) is 1.00. The van der Waals surface area contributed by atoms with E-state index in [1.807, 2.05) is 30.3 Å². The zero-order valence-electron chi connectivity index (χ0n) is 9.28. The Kier molecular flexibility index (Phi) is 3.66. The number of benzene rings is 1. The van der Waals surface area contributed by atoms with Crippen molar-refractivity contribution >= 4 is 5.69 Å². The van der Waals surface area contributed by atoms with E-state index in [1.165, 1.54) is 25.7 Å². The second-order valence-electron chi connectivity index (χ2n) is 4.07. The van der Waals surface area contributed by atoms with Crippen molar-refractivity contribution in [3.8, 4) is 11.8 Å². The van der Waals surface area contributed by atoms with Gasteiger partial charge in [0.2, 0.25) is 0 Å². The first kappa shape index (κ1) is 10.8. The van der Waals surface area contributed by atoms with Crippen LogP contribution in [0.3, 0.4) is 0 Å². The Balaban J connectivity index is 2.03. The molecule has 0 radical (unpaired) electrons. The first-order valence-corrected chi connectivity index (χ1v) is 5.75. The number of nitrogens with zero attached hydrogens (tertiary/aromatic N) is 1. The van der Waals surface area contributed by atoms with Crippen LogP contribution in [0.2, 0.25) is 0 Å². The molecule has 1 N–H and O–H groups in total. The Morgan fingerprint density at radius 2 is 2.06 bits per heavy atom. The number of ether oxygens (including phenoxy) is 1. The highest BCUT2D eigenvalue weighted by Gasteiger charge is 2.15. The maximum atomic E-state index is 8.51. The second-order valence-corrected chi connectivity index (χ2v) is 4.07. The van der Waals surface area contributed by atoms with Crippen molar-refractivity contribution in [2.45, 2.75) is 31.7 Å². The third kappa shape index (κ3) is 2.66. The predicted octanol–water partition coefficient (Wildman–Crippen LogP) is 2.94. The van der Waals surface area contributed by atoms with Crippen molar-refractivity contribution in [3.05, 3.63) is 24.3 Å². The molecule has 0 heterocycles. The van der Waals surface area contributed by atoms with E-state index >= 15 is 0 Å². The van der Waals surface area contributed by atoms with Gasteiger partial charge in [-0.15, -0.1) is 0 Å². The fourth-order valence-corrected chi connectivity index (χ4v) is 2.11. The number of hydrogen-bond donors (Lipinski definition) is 1. The molecule has 0 unspecified atom stereocenters. The summed E-state index contributed by atoms with van der Waals surface area (Å²) in [6.45, 7) is 0.101. The van der Waals surface area contributed by atoms with Crippen LogP contribution in [0.4, 0.5) is 5.69 Å². The van der Waals surface area contributed by atoms with Gasteiger partial charge in [-0.3, -0.25) is 0 Å². The first-order chi connectivity index (χ1) is 7.90. The van der Waals surface area contributed by atoms with Gasteiger partial charge in [-0.2, -0.15) is 5.26 Å². The molecular weight excluding hydrogens is 200 g/mol. The molecule has 2 rings (SSSR count). The maximum Gasteiger partial charge on any atom is 0.174 e. The molecule has 84 valence electrons. The van der Waals surface area contributed by atoms with Crippen molar-refractivity contribution in [1.29, 1.82) is 5.26 Å². The monoisotopic (exact) mass is 216 g/mol. The molecule has 0 spiro atoms. The number of anilines is 1. The lowest BCUT2D eigenvalue weighted by molar-refractivity contribution is 0.369. The van der Waals surface area contributed by atoms with E-state index in [-0.39, 0.29) is 6.61 Å². The number of rotatable bonds is 4. The summed E-state index contributed by atoms with van der Waals surface area (Å²) in [6.07, 6.45) is 5.07. The van der Waals surface area contributed by atoms with Crippen LogP contribution in [0, 0.1) is 11.3 Å². The summed E-state index contributed by atoms with van der Waals surface area (Å²) < 4.78 is 5.37. The van der Waals surface area contributed by atoms with Gasteiger partial charge in [0, 0.05) is 6.04 Å². The molecule has 0 aromatic heterocycles. The molecule has 1 fully saturated rings. The highest BCUT2D eigenvalue weighted by molar-refractivity contribution is 5.56. The molecule has 1 aromatic rings. The Morgan fingerprint density at radius 1 is 1.31 bits per heavy atom. The molecule has 0 bridgehead atoms. The molecule has 3 nitrogen and oxygen atoms in total. The zero-order chi connectivity index (χ0) is 11.2. The smallest absolute Gasteiger partial charge is 0.174 e. The van der Waals surface area contributed by atoms with Crippen molar-refractivity contribution in [1.82, 2.24) is 0 Å². The van der Waals surface area contributed by atoms with Gasteiger partial charge < -0.3 is 10.1 Å². The summed E-state index contributed by atoms with van der Waals surface area (Å²) in [6, 6.07) is 10.4. The van der Waals surface area contributed by atoms with Gasteiger partial charge in [-0.25, -0.2) is 0 Å². The third-order valence-electron chi connectivity index (χ3n) is 2.89. The fourth-order valence-electron chi connectivity index (χ4n) is 2.11. The quantitative estimate of drug-likeness (QED) is 0.841. The van der Waals surface area contributed by atoms with Crippen LogP contribution < -0.4 is 10.1 Å². The van der Waals surface area contributed by atoms with Crippen LogP contribution in [0.25, 0.3) is 0 Å². The minimum atomic E-state index is 0.101. The largest absolute Gasteiger partial charge is 0.477 e. The number of hydrogen-bond acceptors (Lipinski definition) is 3. The lowest BCUT2D eigenvalue weighted by Gasteiger charge is -2.16. The van der Waals surface area contributed by atoms with E-state index < -0.39 is 0 Å². The lowest BCUT2D eigenvalue weighted by Crippen LogP contribution is -2.15. The molecule has 16 heavy (non-hydrogen) atoms. The molecule has 3 heteroatoms. The van der Waals surface area contributed by atoms with E-state index in [4.69, 9.17) is 10.00 Å². The highest BCUT2D eigenvalue weighted by atomic mass is 16.5. The number of nitriles is 1. The predicted molar refractivity (Wildman–Crippen MR) is 63.4 cm³/mol. The van der Waals surface area contributed by atoms with Crippen molar-refractivity contribution in [2.24, 2.45) is 0 Å². The Morgan fingerprint density at radius 3 is 2.81 bits per heavy atom. The minimum absolute atomic E-state index is 0.101. The Labute approximate surface area is 96.0 Å². The molecule has 1 aromatic carbocycles. The molecular formula is C13H16N2O. The normalized spacial score (nSPS) is 15.7. The number of para-hydroxylation sites is 2. The van der Waals surface area contributed by atoms with Crippen molar-refractivity contribution in [3.63, 3.8) is 0 Å². The van der Waals surface area contributed by atoms with Gasteiger partial charge in [0.1, 0.15) is 11.8 Å². The second kappa shape index (κ2) is 5.41. The van der Waals surface area contributed by atoms with E-state index in [0.717, 1.165) is 11.4 Å².